The molecule has 1 spiro atoms. The van der Waals surface area contributed by atoms with Gasteiger partial charge in [-0.25, -0.2) is 9.69 Å². The molecule has 2 aromatic carbocycles. The molecule has 2 unspecified atom stereocenters. The molecule has 0 N–H and O–H groups in total. The van der Waals surface area contributed by atoms with Gasteiger partial charge in [0.1, 0.15) is 5.54 Å². The second kappa shape index (κ2) is 9.73. The number of amides is 3. The molecule has 10 heteroatoms. The van der Waals surface area contributed by atoms with Crippen LogP contribution in [0.5, 0.6) is 0 Å². The van der Waals surface area contributed by atoms with E-state index in [1.165, 1.54) is 14.0 Å². The molecule has 5 rings (SSSR count). The van der Waals surface area contributed by atoms with E-state index in [-0.39, 0.29) is 11.8 Å². The Balaban J connectivity index is 1.57. The van der Waals surface area contributed by atoms with Crippen LogP contribution in [-0.2, 0) is 11.3 Å². The zero-order valence-electron chi connectivity index (χ0n) is 19.6. The third-order valence-corrected chi connectivity index (χ3v) is 9.49. The normalized spacial score (nSPS) is 22.1. The van der Waals surface area contributed by atoms with Crippen molar-refractivity contribution in [2.75, 3.05) is 31.3 Å². The van der Waals surface area contributed by atoms with E-state index in [0.29, 0.717) is 40.9 Å². The monoisotopic (exact) mass is 556 g/mol. The van der Waals surface area contributed by atoms with Gasteiger partial charge in [0.25, 0.3) is 5.91 Å². The molecule has 2 aliphatic heterocycles. The second-order valence-corrected chi connectivity index (χ2v) is 12.1. The first-order chi connectivity index (χ1) is 17.3. The van der Waals surface area contributed by atoms with Gasteiger partial charge in [-0.15, -0.1) is 23.1 Å². The number of nitrogens with zero attached hydrogens (tertiary/aromatic N) is 4. The highest BCUT2D eigenvalue weighted by Gasteiger charge is 2.64. The summed E-state index contributed by atoms with van der Waals surface area (Å²) < 4.78 is 1.23. The Bertz CT molecular complexity index is 1370. The Morgan fingerprint density at radius 2 is 1.81 bits per heavy atom. The number of halogens is 2. The van der Waals surface area contributed by atoms with Crippen LogP contribution in [0.4, 0.5) is 10.5 Å². The zero-order valence-corrected chi connectivity index (χ0v) is 22.7. The van der Waals surface area contributed by atoms with Crippen molar-refractivity contribution in [1.82, 2.24) is 9.80 Å². The van der Waals surface area contributed by atoms with E-state index in [1.807, 2.05) is 12.1 Å². The van der Waals surface area contributed by atoms with Crippen molar-refractivity contribution >= 4 is 63.9 Å². The molecule has 0 radical (unpaired) electrons. The second-order valence-electron chi connectivity index (χ2n) is 8.91. The summed E-state index contributed by atoms with van der Waals surface area (Å²) in [7, 11) is 1.68. The van der Waals surface area contributed by atoms with Crippen LogP contribution in [0.1, 0.15) is 21.9 Å². The summed E-state index contributed by atoms with van der Waals surface area (Å²) in [5, 5.41) is 9.95. The lowest BCUT2D eigenvalue weighted by atomic mass is 9.80. The maximum absolute atomic E-state index is 14.2. The van der Waals surface area contributed by atoms with E-state index >= 15 is 0 Å². The number of urea groups is 1. The lowest BCUT2D eigenvalue weighted by molar-refractivity contribution is -0.124. The number of thiophene rings is 1. The largest absolute Gasteiger partial charge is 0.332 e. The molecule has 2 aliphatic rings. The minimum Gasteiger partial charge on any atom is -0.310 e. The number of nitriles is 1. The van der Waals surface area contributed by atoms with Gasteiger partial charge < -0.3 is 4.90 Å². The maximum Gasteiger partial charge on any atom is 0.332 e. The zero-order chi connectivity index (χ0) is 25.6. The van der Waals surface area contributed by atoms with E-state index in [0.717, 1.165) is 5.56 Å². The number of carbonyl (C=O) groups is 2. The lowest BCUT2D eigenvalue weighted by Crippen LogP contribution is -2.53. The summed E-state index contributed by atoms with van der Waals surface area (Å²) in [5.74, 6) is -0.590. The molecule has 0 saturated carbocycles. The molecule has 1 aromatic heterocycles. The van der Waals surface area contributed by atoms with Crippen LogP contribution in [0.25, 0.3) is 0 Å². The predicted molar refractivity (Wildman–Crippen MR) is 145 cm³/mol. The fraction of sp³-hybridized carbons (Fsp3) is 0.269. The molecular weight excluding hydrogens is 535 g/mol. The standard InChI is InChI=1S/C26H22Cl2N4O2S2/c1-30-25(34)32(20-10-18(27)9-19(28)11-20)24(33)26(30)15-31(13-21-7-8-23(35-2)36-21)14-22(26)17-5-3-16(12-29)4-6-17/h3-11,22H,13-15H2,1-2H3. The van der Waals surface area contributed by atoms with Gasteiger partial charge in [-0.2, -0.15) is 5.26 Å². The highest BCUT2D eigenvalue weighted by atomic mass is 35.5. The van der Waals surface area contributed by atoms with E-state index in [2.05, 4.69) is 29.4 Å². The number of benzene rings is 2. The van der Waals surface area contributed by atoms with Crippen LogP contribution < -0.4 is 4.90 Å². The summed E-state index contributed by atoms with van der Waals surface area (Å²) in [6, 6.07) is 18.0. The molecule has 3 amide bonds. The molecule has 6 nitrogen and oxygen atoms in total. The van der Waals surface area contributed by atoms with Crippen molar-refractivity contribution < 1.29 is 9.59 Å². The number of likely N-dealkylation sites (N-methyl/N-ethyl adjacent to an activating group) is 1. The van der Waals surface area contributed by atoms with Crippen LogP contribution in [0.15, 0.2) is 58.8 Å². The van der Waals surface area contributed by atoms with Crippen molar-refractivity contribution in [3.63, 3.8) is 0 Å². The molecule has 0 bridgehead atoms. The Kier molecular flexibility index (Phi) is 6.79. The molecule has 3 heterocycles. The molecule has 3 aromatic rings. The minimum absolute atomic E-state index is 0.286. The van der Waals surface area contributed by atoms with Crippen LogP contribution in [0.2, 0.25) is 10.0 Å². The predicted octanol–water partition coefficient (Wildman–Crippen LogP) is 6.09. The van der Waals surface area contributed by atoms with Crippen LogP contribution in [-0.4, -0.2) is 53.7 Å². The quantitative estimate of drug-likeness (QED) is 0.281. The van der Waals surface area contributed by atoms with Gasteiger partial charge in [0.2, 0.25) is 0 Å². The summed E-state index contributed by atoms with van der Waals surface area (Å²) >= 11 is 15.9. The Labute approximate surface area is 228 Å². The molecule has 0 aliphatic carbocycles. The Morgan fingerprint density at radius 1 is 1.11 bits per heavy atom. The highest BCUT2D eigenvalue weighted by Crippen LogP contribution is 2.47. The third-order valence-electron chi connectivity index (χ3n) is 6.90. The van der Waals surface area contributed by atoms with E-state index in [1.54, 1.807) is 65.4 Å². The number of imide groups is 1. The summed E-state index contributed by atoms with van der Waals surface area (Å²) in [4.78, 5) is 34.0. The maximum atomic E-state index is 14.2. The smallest absolute Gasteiger partial charge is 0.310 e. The Morgan fingerprint density at radius 3 is 2.42 bits per heavy atom. The number of thioether (sulfide) groups is 1. The summed E-state index contributed by atoms with van der Waals surface area (Å²) in [6.07, 6.45) is 2.05. The lowest BCUT2D eigenvalue weighted by Gasteiger charge is -2.34. The molecule has 2 fully saturated rings. The van der Waals surface area contributed by atoms with Gasteiger partial charge in [0, 0.05) is 47.5 Å². The number of likely N-dealkylation sites (tertiary alicyclic amines) is 1. The fourth-order valence-corrected chi connectivity index (χ4v) is 7.34. The van der Waals surface area contributed by atoms with Gasteiger partial charge >= 0.3 is 6.03 Å². The Hall–Kier alpha value is -2.54. The van der Waals surface area contributed by atoms with E-state index in [9.17, 15) is 14.9 Å². The minimum atomic E-state index is -1.11. The number of hydrogen-bond donors (Lipinski definition) is 0. The molecule has 2 atom stereocenters. The van der Waals surface area contributed by atoms with Gasteiger partial charge in [0.05, 0.1) is 21.5 Å². The molecule has 2 saturated heterocycles. The topological polar surface area (TPSA) is 67.6 Å². The number of hydrogen-bond acceptors (Lipinski definition) is 6. The van der Waals surface area contributed by atoms with Gasteiger partial charge in [-0.3, -0.25) is 9.69 Å². The number of anilines is 1. The van der Waals surface area contributed by atoms with Gasteiger partial charge in [-0.05, 0) is 54.3 Å². The fourth-order valence-electron chi connectivity index (χ4n) is 5.19. The van der Waals surface area contributed by atoms with Crippen LogP contribution in [0.3, 0.4) is 0 Å². The van der Waals surface area contributed by atoms with E-state index < -0.39 is 11.6 Å². The van der Waals surface area contributed by atoms with Crippen molar-refractivity contribution in [2.24, 2.45) is 0 Å². The molecule has 184 valence electrons. The first-order valence-corrected chi connectivity index (χ1v) is 14.0. The van der Waals surface area contributed by atoms with Crippen molar-refractivity contribution in [2.45, 2.75) is 22.2 Å². The first kappa shape index (κ1) is 25.1. The number of rotatable bonds is 5. The molecule has 36 heavy (non-hydrogen) atoms. The summed E-state index contributed by atoms with van der Waals surface area (Å²) in [5.41, 5.74) is 0.695. The van der Waals surface area contributed by atoms with Crippen LogP contribution >= 0.6 is 46.3 Å². The van der Waals surface area contributed by atoms with Gasteiger partial charge in [0.15, 0.2) is 0 Å². The van der Waals surface area contributed by atoms with Crippen molar-refractivity contribution in [3.05, 3.63) is 80.6 Å². The van der Waals surface area contributed by atoms with Gasteiger partial charge in [-0.1, -0.05) is 35.3 Å². The average Bonchev–Trinajstić information content (AvgIpc) is 3.52. The SMILES string of the molecule is CSc1ccc(CN2CC(c3ccc(C#N)cc3)C3(C2)C(=O)N(c2cc(Cl)cc(Cl)c2)C(=O)N3C)s1. The molecular formula is C26H22Cl2N4O2S2. The van der Waals surface area contributed by atoms with Crippen molar-refractivity contribution in [3.8, 4) is 6.07 Å². The third kappa shape index (κ3) is 4.19. The van der Waals surface area contributed by atoms with E-state index in [4.69, 9.17) is 23.2 Å². The highest BCUT2D eigenvalue weighted by molar-refractivity contribution is 8.00. The average molecular weight is 558 g/mol. The van der Waals surface area contributed by atoms with Crippen LogP contribution in [0, 0.1) is 11.3 Å². The summed E-state index contributed by atoms with van der Waals surface area (Å²) in [6.45, 7) is 1.65. The van der Waals surface area contributed by atoms with Crippen molar-refractivity contribution in [1.29, 1.82) is 5.26 Å². The number of carbonyl (C=O) groups excluding carboxylic acids is 2. The first-order valence-electron chi connectivity index (χ1n) is 11.2.